The lowest BCUT2D eigenvalue weighted by atomic mass is 9.99. The zero-order valence-corrected chi connectivity index (χ0v) is 9.72. The van der Waals surface area contributed by atoms with Gasteiger partial charge in [0.1, 0.15) is 0 Å². The smallest absolute Gasteiger partial charge is 0.0225 e. The van der Waals surface area contributed by atoms with Crippen LogP contribution in [0.4, 0.5) is 0 Å². The molecule has 0 aliphatic rings. The first-order valence-corrected chi connectivity index (χ1v) is 5.39. The second-order valence-electron chi connectivity index (χ2n) is 3.99. The highest BCUT2D eigenvalue weighted by atomic mass is 14.0. The molecular formula is C14H20. The van der Waals surface area contributed by atoms with E-state index in [1.165, 1.54) is 35.1 Å². The van der Waals surface area contributed by atoms with Crippen LogP contribution in [0.1, 0.15) is 42.0 Å². The van der Waals surface area contributed by atoms with Gasteiger partial charge in [-0.3, -0.25) is 0 Å². The van der Waals surface area contributed by atoms with Crippen LogP contribution in [0.3, 0.4) is 0 Å². The van der Waals surface area contributed by atoms with Crippen LogP contribution in [0, 0.1) is 20.8 Å². The summed E-state index contributed by atoms with van der Waals surface area (Å²) in [7, 11) is 0. The fraction of sp³-hybridized carbons (Fsp3) is 0.429. The van der Waals surface area contributed by atoms with Crippen molar-refractivity contribution in [2.75, 3.05) is 0 Å². The van der Waals surface area contributed by atoms with Gasteiger partial charge in [0.05, 0.1) is 0 Å². The van der Waals surface area contributed by atoms with Crippen LogP contribution in [0.5, 0.6) is 0 Å². The summed E-state index contributed by atoms with van der Waals surface area (Å²) in [5.41, 5.74) is 5.52. The van der Waals surface area contributed by atoms with Crippen molar-refractivity contribution in [3.63, 3.8) is 0 Å². The summed E-state index contributed by atoms with van der Waals surface area (Å²) >= 11 is 0. The average Bonchev–Trinajstić information content (AvgIpc) is 2.13. The van der Waals surface area contributed by atoms with Gasteiger partial charge in [0, 0.05) is 0 Å². The number of unbranched alkanes of at least 4 members (excludes halogenated alkanes) is 1. The standard InChI is InChI=1S/C14H20/c1-5-6-7-8-14-10-11(2)9-12(3)13(14)4/h7-10H,5-6H2,1-4H3. The summed E-state index contributed by atoms with van der Waals surface area (Å²) in [5, 5.41) is 0. The lowest BCUT2D eigenvalue weighted by Crippen LogP contribution is -1.87. The van der Waals surface area contributed by atoms with Crippen LogP contribution in [-0.2, 0) is 0 Å². The molecule has 0 aliphatic heterocycles. The Morgan fingerprint density at radius 2 is 1.86 bits per heavy atom. The molecule has 0 saturated carbocycles. The third-order valence-electron chi connectivity index (χ3n) is 2.60. The fourth-order valence-corrected chi connectivity index (χ4v) is 1.62. The van der Waals surface area contributed by atoms with Crippen LogP contribution in [0.25, 0.3) is 6.08 Å². The molecule has 0 atom stereocenters. The molecule has 0 unspecified atom stereocenters. The first kappa shape index (κ1) is 11.0. The normalized spacial score (nSPS) is 11.1. The number of hydrogen-bond donors (Lipinski definition) is 0. The minimum absolute atomic E-state index is 1.17. The predicted molar refractivity (Wildman–Crippen MR) is 64.6 cm³/mol. The summed E-state index contributed by atoms with van der Waals surface area (Å²) in [4.78, 5) is 0. The van der Waals surface area contributed by atoms with E-state index in [2.05, 4.69) is 52.0 Å². The van der Waals surface area contributed by atoms with Crippen LogP contribution in [-0.4, -0.2) is 0 Å². The molecule has 1 aromatic rings. The van der Waals surface area contributed by atoms with E-state index in [9.17, 15) is 0 Å². The van der Waals surface area contributed by atoms with Crippen LogP contribution in [0.2, 0.25) is 0 Å². The lowest BCUT2D eigenvalue weighted by molar-refractivity contribution is 0.962. The highest BCUT2D eigenvalue weighted by molar-refractivity contribution is 5.56. The van der Waals surface area contributed by atoms with Crippen molar-refractivity contribution in [1.29, 1.82) is 0 Å². The first-order chi connectivity index (χ1) is 6.65. The molecule has 0 heterocycles. The number of rotatable bonds is 3. The Morgan fingerprint density at radius 1 is 1.14 bits per heavy atom. The van der Waals surface area contributed by atoms with Crippen molar-refractivity contribution in [2.24, 2.45) is 0 Å². The predicted octanol–water partition coefficient (Wildman–Crippen LogP) is 4.43. The summed E-state index contributed by atoms with van der Waals surface area (Å²) in [6.07, 6.45) is 6.91. The van der Waals surface area contributed by atoms with Crippen LogP contribution < -0.4 is 0 Å². The molecule has 0 bridgehead atoms. The van der Waals surface area contributed by atoms with Crippen molar-refractivity contribution in [3.05, 3.63) is 40.5 Å². The summed E-state index contributed by atoms with van der Waals surface area (Å²) in [6.45, 7) is 8.74. The molecule has 1 aromatic carbocycles. The maximum Gasteiger partial charge on any atom is -0.0225 e. The van der Waals surface area contributed by atoms with Crippen molar-refractivity contribution in [1.82, 2.24) is 0 Å². The lowest BCUT2D eigenvalue weighted by Gasteiger charge is -2.06. The third-order valence-corrected chi connectivity index (χ3v) is 2.60. The SMILES string of the molecule is CCCC=Cc1cc(C)cc(C)c1C. The Kier molecular flexibility index (Phi) is 3.94. The first-order valence-electron chi connectivity index (χ1n) is 5.39. The van der Waals surface area contributed by atoms with Gasteiger partial charge in [-0.25, -0.2) is 0 Å². The molecular weight excluding hydrogens is 168 g/mol. The Hall–Kier alpha value is -1.04. The minimum atomic E-state index is 1.17. The fourth-order valence-electron chi connectivity index (χ4n) is 1.62. The van der Waals surface area contributed by atoms with Gasteiger partial charge in [-0.1, -0.05) is 43.2 Å². The molecule has 0 aliphatic carbocycles. The molecule has 0 fully saturated rings. The highest BCUT2D eigenvalue weighted by Gasteiger charge is 1.98. The number of allylic oxidation sites excluding steroid dienone is 1. The molecule has 76 valence electrons. The molecule has 0 heteroatoms. The van der Waals surface area contributed by atoms with Crippen LogP contribution >= 0.6 is 0 Å². The molecule has 0 nitrogen and oxygen atoms in total. The van der Waals surface area contributed by atoms with E-state index in [0.29, 0.717) is 0 Å². The topological polar surface area (TPSA) is 0 Å². The molecule has 1 rings (SSSR count). The quantitative estimate of drug-likeness (QED) is 0.658. The molecule has 0 N–H and O–H groups in total. The second kappa shape index (κ2) is 4.99. The largest absolute Gasteiger partial charge is 0.0839 e. The summed E-state index contributed by atoms with van der Waals surface area (Å²) in [6, 6.07) is 4.50. The van der Waals surface area contributed by atoms with Gasteiger partial charge >= 0.3 is 0 Å². The highest BCUT2D eigenvalue weighted by Crippen LogP contribution is 2.17. The van der Waals surface area contributed by atoms with Crippen molar-refractivity contribution >= 4 is 6.08 Å². The minimum Gasteiger partial charge on any atom is -0.0839 e. The molecule has 0 spiro atoms. The Morgan fingerprint density at radius 3 is 2.50 bits per heavy atom. The van der Waals surface area contributed by atoms with Crippen molar-refractivity contribution in [3.8, 4) is 0 Å². The van der Waals surface area contributed by atoms with Gasteiger partial charge < -0.3 is 0 Å². The number of benzene rings is 1. The van der Waals surface area contributed by atoms with E-state index >= 15 is 0 Å². The monoisotopic (exact) mass is 188 g/mol. The van der Waals surface area contributed by atoms with E-state index in [0.717, 1.165) is 0 Å². The van der Waals surface area contributed by atoms with E-state index in [4.69, 9.17) is 0 Å². The van der Waals surface area contributed by atoms with Crippen molar-refractivity contribution < 1.29 is 0 Å². The van der Waals surface area contributed by atoms with E-state index in [1.54, 1.807) is 0 Å². The number of aryl methyl sites for hydroxylation is 2. The van der Waals surface area contributed by atoms with Crippen molar-refractivity contribution in [2.45, 2.75) is 40.5 Å². The molecule has 0 amide bonds. The molecule has 0 radical (unpaired) electrons. The Balaban J connectivity index is 2.96. The van der Waals surface area contributed by atoms with E-state index in [-0.39, 0.29) is 0 Å². The third kappa shape index (κ3) is 2.73. The average molecular weight is 188 g/mol. The molecule has 0 saturated heterocycles. The number of hydrogen-bond acceptors (Lipinski definition) is 0. The van der Waals surface area contributed by atoms with Crippen LogP contribution in [0.15, 0.2) is 18.2 Å². The van der Waals surface area contributed by atoms with Gasteiger partial charge in [0.2, 0.25) is 0 Å². The molecule has 14 heavy (non-hydrogen) atoms. The molecule has 0 aromatic heterocycles. The summed E-state index contributed by atoms with van der Waals surface area (Å²) in [5.74, 6) is 0. The van der Waals surface area contributed by atoms with E-state index < -0.39 is 0 Å². The zero-order valence-electron chi connectivity index (χ0n) is 9.72. The maximum absolute atomic E-state index is 2.27. The second-order valence-corrected chi connectivity index (χ2v) is 3.99. The summed E-state index contributed by atoms with van der Waals surface area (Å²) < 4.78 is 0. The Labute approximate surface area is 87.7 Å². The van der Waals surface area contributed by atoms with Gasteiger partial charge in [0.15, 0.2) is 0 Å². The van der Waals surface area contributed by atoms with E-state index in [1.807, 2.05) is 0 Å². The van der Waals surface area contributed by atoms with Gasteiger partial charge in [0.25, 0.3) is 0 Å². The van der Waals surface area contributed by atoms with Gasteiger partial charge in [-0.05, 0) is 43.9 Å². The van der Waals surface area contributed by atoms with Gasteiger partial charge in [-0.15, -0.1) is 0 Å². The Bertz CT molecular complexity index is 332. The maximum atomic E-state index is 2.27. The zero-order chi connectivity index (χ0) is 10.6. The van der Waals surface area contributed by atoms with Gasteiger partial charge in [-0.2, -0.15) is 0 Å².